The van der Waals surface area contributed by atoms with Gasteiger partial charge in [-0.05, 0) is 31.6 Å². The average Bonchev–Trinajstić information content (AvgIpc) is 3.10. The molecule has 2 rings (SSSR count). The number of aliphatic imine (C=N–C) groups is 1. The van der Waals surface area contributed by atoms with Gasteiger partial charge in [-0.25, -0.2) is 4.98 Å². The summed E-state index contributed by atoms with van der Waals surface area (Å²) in [5.74, 6) is 0.660. The predicted molar refractivity (Wildman–Crippen MR) is 117 cm³/mol. The van der Waals surface area contributed by atoms with Crippen LogP contribution in [0.3, 0.4) is 0 Å². The Morgan fingerprint density at radius 1 is 1.29 bits per heavy atom. The molecule has 0 aromatic carbocycles. The minimum absolute atomic E-state index is 0. The molecule has 5 nitrogen and oxygen atoms in total. The number of aliphatic hydroxyl groups excluding tert-OH is 1. The molecule has 10 heteroatoms. The SMILES string of the molecule is CCNC(=NCC1(CCO)CCCCC1)NCCc1nc(C(F)(F)F)cs1.I. The third-order valence-electron chi connectivity index (χ3n) is 4.95. The van der Waals surface area contributed by atoms with Crippen LogP contribution in [0.15, 0.2) is 10.4 Å². The summed E-state index contributed by atoms with van der Waals surface area (Å²) in [6, 6.07) is 0. The summed E-state index contributed by atoms with van der Waals surface area (Å²) in [7, 11) is 0. The lowest BCUT2D eigenvalue weighted by atomic mass is 9.72. The fourth-order valence-electron chi connectivity index (χ4n) is 3.46. The van der Waals surface area contributed by atoms with Crippen molar-refractivity contribution in [3.63, 3.8) is 0 Å². The van der Waals surface area contributed by atoms with Crippen LogP contribution in [-0.4, -0.2) is 42.3 Å². The molecule has 0 saturated heterocycles. The van der Waals surface area contributed by atoms with Crippen LogP contribution in [0.2, 0.25) is 0 Å². The van der Waals surface area contributed by atoms with E-state index in [1.54, 1.807) is 0 Å². The maximum absolute atomic E-state index is 12.6. The number of thiazole rings is 1. The standard InChI is InChI=1S/C18H29F3N4OS.HI/c1-2-22-16(24-13-17(9-11-26)7-4-3-5-8-17)23-10-6-15-25-14(12-27-15)18(19,20)21;/h12,26H,2-11,13H2,1H3,(H2,22,23,24);1H. The van der Waals surface area contributed by atoms with E-state index in [1.807, 2.05) is 6.92 Å². The number of hydrogen-bond donors (Lipinski definition) is 3. The minimum Gasteiger partial charge on any atom is -0.396 e. The zero-order chi connectivity index (χ0) is 19.8. The second-order valence-electron chi connectivity index (χ2n) is 7.03. The van der Waals surface area contributed by atoms with Crippen molar-refractivity contribution in [1.29, 1.82) is 0 Å². The molecule has 1 saturated carbocycles. The van der Waals surface area contributed by atoms with Crippen molar-refractivity contribution in [2.45, 2.75) is 58.0 Å². The smallest absolute Gasteiger partial charge is 0.396 e. The fraction of sp³-hybridized carbons (Fsp3) is 0.778. The second-order valence-corrected chi connectivity index (χ2v) is 7.97. The first-order chi connectivity index (χ1) is 12.9. The number of aromatic nitrogens is 1. The van der Waals surface area contributed by atoms with Crippen LogP contribution in [0.4, 0.5) is 13.2 Å². The van der Waals surface area contributed by atoms with Crippen molar-refractivity contribution in [3.05, 3.63) is 16.1 Å². The summed E-state index contributed by atoms with van der Waals surface area (Å²) in [4.78, 5) is 8.33. The minimum atomic E-state index is -4.39. The maximum Gasteiger partial charge on any atom is 0.434 e. The van der Waals surface area contributed by atoms with Crippen molar-refractivity contribution in [1.82, 2.24) is 15.6 Å². The van der Waals surface area contributed by atoms with Crippen molar-refractivity contribution in [3.8, 4) is 0 Å². The summed E-state index contributed by atoms with van der Waals surface area (Å²) in [6.45, 7) is 3.96. The monoisotopic (exact) mass is 534 g/mol. The predicted octanol–water partition coefficient (Wildman–Crippen LogP) is 4.21. The molecule has 0 amide bonds. The number of hydrogen-bond acceptors (Lipinski definition) is 4. The van der Waals surface area contributed by atoms with E-state index in [2.05, 4.69) is 20.6 Å². The van der Waals surface area contributed by atoms with Crippen molar-refractivity contribution >= 4 is 41.3 Å². The second kappa shape index (κ2) is 12.2. The third-order valence-corrected chi connectivity index (χ3v) is 5.86. The van der Waals surface area contributed by atoms with E-state index in [1.165, 1.54) is 19.3 Å². The van der Waals surface area contributed by atoms with Crippen LogP contribution in [0.5, 0.6) is 0 Å². The van der Waals surface area contributed by atoms with E-state index in [9.17, 15) is 18.3 Å². The van der Waals surface area contributed by atoms with Crippen molar-refractivity contribution in [2.24, 2.45) is 10.4 Å². The summed E-state index contributed by atoms with van der Waals surface area (Å²) < 4.78 is 37.8. The molecule has 1 fully saturated rings. The molecule has 1 aromatic rings. The Bertz CT molecular complexity index is 598. The number of halogens is 4. The zero-order valence-corrected chi connectivity index (χ0v) is 19.3. The third kappa shape index (κ3) is 8.02. The first kappa shape index (κ1) is 25.4. The molecular formula is C18H30F3IN4OS. The first-order valence-corrected chi connectivity index (χ1v) is 10.4. The normalized spacial score (nSPS) is 17.1. The molecule has 3 N–H and O–H groups in total. The molecule has 0 bridgehead atoms. The summed E-state index contributed by atoms with van der Waals surface area (Å²) in [6.07, 6.45) is 2.52. The van der Waals surface area contributed by atoms with Crippen LogP contribution >= 0.6 is 35.3 Å². The Balaban J connectivity index is 0.00000392. The lowest BCUT2D eigenvalue weighted by Gasteiger charge is -2.35. The molecule has 1 heterocycles. The van der Waals surface area contributed by atoms with Crippen molar-refractivity contribution < 1.29 is 18.3 Å². The average molecular weight is 534 g/mol. The molecule has 0 unspecified atom stereocenters. The lowest BCUT2D eigenvalue weighted by Crippen LogP contribution is -2.40. The summed E-state index contributed by atoms with van der Waals surface area (Å²) in [5, 5.41) is 17.3. The van der Waals surface area contributed by atoms with E-state index in [0.717, 1.165) is 36.0 Å². The van der Waals surface area contributed by atoms with Gasteiger partial charge in [-0.3, -0.25) is 4.99 Å². The van der Waals surface area contributed by atoms with Gasteiger partial charge in [0.2, 0.25) is 0 Å². The molecule has 1 aliphatic rings. The number of nitrogens with one attached hydrogen (secondary N) is 2. The lowest BCUT2D eigenvalue weighted by molar-refractivity contribution is -0.140. The molecular weight excluding hydrogens is 504 g/mol. The Kier molecular flexibility index (Phi) is 11.0. The Labute approximate surface area is 185 Å². The number of nitrogens with zero attached hydrogens (tertiary/aromatic N) is 2. The largest absolute Gasteiger partial charge is 0.434 e. The maximum atomic E-state index is 12.6. The summed E-state index contributed by atoms with van der Waals surface area (Å²) in [5.41, 5.74) is -0.766. The van der Waals surface area contributed by atoms with E-state index in [4.69, 9.17) is 0 Å². The van der Waals surface area contributed by atoms with Gasteiger partial charge in [0, 0.05) is 38.0 Å². The van der Waals surface area contributed by atoms with Gasteiger partial charge in [0.1, 0.15) is 0 Å². The molecule has 0 radical (unpaired) electrons. The molecule has 0 spiro atoms. The molecule has 1 aromatic heterocycles. The highest BCUT2D eigenvalue weighted by molar-refractivity contribution is 14.0. The van der Waals surface area contributed by atoms with Crippen molar-refractivity contribution in [2.75, 3.05) is 26.2 Å². The highest BCUT2D eigenvalue weighted by Crippen LogP contribution is 2.39. The topological polar surface area (TPSA) is 69.5 Å². The molecule has 0 aliphatic heterocycles. The van der Waals surface area contributed by atoms with Gasteiger partial charge in [0.25, 0.3) is 0 Å². The highest BCUT2D eigenvalue weighted by Gasteiger charge is 2.33. The van der Waals surface area contributed by atoms with E-state index in [0.29, 0.717) is 37.0 Å². The Morgan fingerprint density at radius 3 is 2.57 bits per heavy atom. The van der Waals surface area contributed by atoms with Gasteiger partial charge in [0.15, 0.2) is 11.7 Å². The number of alkyl halides is 3. The highest BCUT2D eigenvalue weighted by atomic mass is 127. The van der Waals surface area contributed by atoms with Gasteiger partial charge in [-0.2, -0.15) is 13.2 Å². The molecule has 162 valence electrons. The Morgan fingerprint density at radius 2 is 2.00 bits per heavy atom. The van der Waals surface area contributed by atoms with Crippen LogP contribution < -0.4 is 10.6 Å². The molecule has 0 atom stereocenters. The van der Waals surface area contributed by atoms with Gasteiger partial charge >= 0.3 is 6.18 Å². The zero-order valence-electron chi connectivity index (χ0n) is 16.1. The van der Waals surface area contributed by atoms with Crippen LogP contribution in [0.25, 0.3) is 0 Å². The van der Waals surface area contributed by atoms with E-state index < -0.39 is 11.9 Å². The molecule has 28 heavy (non-hydrogen) atoms. The van der Waals surface area contributed by atoms with Gasteiger partial charge in [-0.1, -0.05) is 19.3 Å². The fourth-order valence-corrected chi connectivity index (χ4v) is 4.26. The number of guanidine groups is 1. The number of aliphatic hydroxyl groups is 1. The van der Waals surface area contributed by atoms with Crippen LogP contribution in [0, 0.1) is 5.41 Å². The van der Waals surface area contributed by atoms with E-state index in [-0.39, 0.29) is 36.0 Å². The van der Waals surface area contributed by atoms with Gasteiger partial charge < -0.3 is 15.7 Å². The Hall–Kier alpha value is -0.620. The first-order valence-electron chi connectivity index (χ1n) is 9.53. The van der Waals surface area contributed by atoms with E-state index >= 15 is 0 Å². The summed E-state index contributed by atoms with van der Waals surface area (Å²) >= 11 is 1.02. The molecule has 1 aliphatic carbocycles. The quantitative estimate of drug-likeness (QED) is 0.266. The van der Waals surface area contributed by atoms with Crippen LogP contribution in [-0.2, 0) is 12.6 Å². The van der Waals surface area contributed by atoms with Gasteiger partial charge in [-0.15, -0.1) is 35.3 Å². The van der Waals surface area contributed by atoms with Gasteiger partial charge in [0.05, 0.1) is 5.01 Å². The number of rotatable bonds is 8. The van der Waals surface area contributed by atoms with Crippen LogP contribution in [0.1, 0.15) is 56.2 Å².